The zero-order valence-corrected chi connectivity index (χ0v) is 17.0. The Hall–Kier alpha value is -2.25. The van der Waals surface area contributed by atoms with Crippen molar-refractivity contribution in [1.29, 1.82) is 0 Å². The van der Waals surface area contributed by atoms with Gasteiger partial charge in [-0.25, -0.2) is 5.43 Å². The molecule has 3 aliphatic heterocycles. The Morgan fingerprint density at radius 1 is 1.32 bits per heavy atom. The second kappa shape index (κ2) is 8.01. The molecule has 0 aromatic heterocycles. The zero-order valence-electron chi connectivity index (χ0n) is 16.2. The van der Waals surface area contributed by atoms with Gasteiger partial charge in [0.2, 0.25) is 5.91 Å². The average Bonchev–Trinajstić information content (AvgIpc) is 3.29. The zero-order chi connectivity index (χ0) is 19.7. The first-order chi connectivity index (χ1) is 13.5. The summed E-state index contributed by atoms with van der Waals surface area (Å²) in [6.45, 7) is 4.89. The predicted octanol–water partition coefficient (Wildman–Crippen LogP) is 2.54. The fraction of sp³-hybridized carbons (Fsp3) is 0.500. The van der Waals surface area contributed by atoms with Crippen LogP contribution in [0.25, 0.3) is 0 Å². The Morgan fingerprint density at radius 2 is 2.11 bits per heavy atom. The van der Waals surface area contributed by atoms with E-state index in [1.807, 2.05) is 18.3 Å². The molecule has 0 spiro atoms. The van der Waals surface area contributed by atoms with E-state index < -0.39 is 0 Å². The number of amides is 1. The normalized spacial score (nSPS) is 25.4. The molecular formula is C20H27ClN6O. The highest BCUT2D eigenvalue weighted by Crippen LogP contribution is 2.34. The van der Waals surface area contributed by atoms with Gasteiger partial charge in [-0.2, -0.15) is 5.10 Å². The van der Waals surface area contributed by atoms with Gasteiger partial charge in [0.15, 0.2) is 0 Å². The minimum absolute atomic E-state index is 0.0727. The average molecular weight is 403 g/mol. The maximum atomic E-state index is 12.0. The van der Waals surface area contributed by atoms with Gasteiger partial charge in [0.05, 0.1) is 12.1 Å². The molecule has 3 atom stereocenters. The third-order valence-electron chi connectivity index (χ3n) is 5.37. The molecule has 1 saturated heterocycles. The van der Waals surface area contributed by atoms with Crippen LogP contribution in [-0.2, 0) is 4.79 Å². The molecule has 1 aromatic rings. The summed E-state index contributed by atoms with van der Waals surface area (Å²) >= 11 is 6.01. The summed E-state index contributed by atoms with van der Waals surface area (Å²) in [6, 6.07) is 8.48. The number of nitrogens with one attached hydrogen (secondary N) is 3. The molecular weight excluding hydrogens is 376 g/mol. The van der Waals surface area contributed by atoms with Gasteiger partial charge in [-0.15, -0.1) is 0 Å². The first kappa shape index (κ1) is 19.1. The van der Waals surface area contributed by atoms with Crippen LogP contribution in [0.15, 0.2) is 41.8 Å². The van der Waals surface area contributed by atoms with Crippen LogP contribution in [-0.4, -0.2) is 40.4 Å². The Morgan fingerprint density at radius 3 is 2.86 bits per heavy atom. The summed E-state index contributed by atoms with van der Waals surface area (Å²) in [5, 5.41) is 10.4. The lowest BCUT2D eigenvalue weighted by molar-refractivity contribution is -0.121. The maximum absolute atomic E-state index is 12.0. The van der Waals surface area contributed by atoms with Crippen LogP contribution in [0.1, 0.15) is 44.7 Å². The SMILES string of the molecule is CC(C)CNC(=O)CCC1=NNC2C3CC(c4ccc(Cl)cc4)NN3C=CN12. The van der Waals surface area contributed by atoms with Crippen molar-refractivity contribution in [2.24, 2.45) is 11.0 Å². The van der Waals surface area contributed by atoms with Crippen LogP contribution in [0.3, 0.4) is 0 Å². The van der Waals surface area contributed by atoms with Gasteiger partial charge in [0, 0.05) is 36.8 Å². The number of hydrogen-bond donors (Lipinski definition) is 3. The van der Waals surface area contributed by atoms with Crippen molar-refractivity contribution >= 4 is 23.3 Å². The standard InChI is InChI=1S/C20H27ClN6O/c1-13(2)12-22-19(28)8-7-18-23-24-20-17-11-16(14-3-5-15(21)6-4-14)25-27(17)10-9-26(18)20/h3-6,9-10,13,16-17,20,24-25H,7-8,11-12H2,1-2H3,(H,22,28). The molecule has 28 heavy (non-hydrogen) atoms. The van der Waals surface area contributed by atoms with E-state index in [1.54, 1.807) is 0 Å². The minimum atomic E-state index is 0.0727. The van der Waals surface area contributed by atoms with E-state index in [0.717, 1.165) is 17.3 Å². The first-order valence-electron chi connectivity index (χ1n) is 9.86. The summed E-state index contributed by atoms with van der Waals surface area (Å²) in [5.74, 6) is 1.45. The molecule has 0 aliphatic carbocycles. The molecule has 1 amide bonds. The number of hydrogen-bond acceptors (Lipinski definition) is 6. The summed E-state index contributed by atoms with van der Waals surface area (Å²) in [4.78, 5) is 14.2. The highest BCUT2D eigenvalue weighted by atomic mass is 35.5. The molecule has 3 heterocycles. The van der Waals surface area contributed by atoms with E-state index >= 15 is 0 Å². The van der Waals surface area contributed by atoms with E-state index in [9.17, 15) is 4.79 Å². The molecule has 0 saturated carbocycles. The van der Waals surface area contributed by atoms with Crippen molar-refractivity contribution in [3.05, 3.63) is 47.3 Å². The second-order valence-corrected chi connectivity index (χ2v) is 8.39. The third-order valence-corrected chi connectivity index (χ3v) is 5.62. The number of hydrazone groups is 1. The van der Waals surface area contributed by atoms with Crippen molar-refractivity contribution in [2.75, 3.05) is 6.54 Å². The predicted molar refractivity (Wildman–Crippen MR) is 110 cm³/mol. The number of carbonyl (C=O) groups excluding carboxylic acids is 1. The minimum Gasteiger partial charge on any atom is -0.356 e. The van der Waals surface area contributed by atoms with Crippen LogP contribution in [0.4, 0.5) is 0 Å². The maximum Gasteiger partial charge on any atom is 0.220 e. The van der Waals surface area contributed by atoms with Gasteiger partial charge in [0.1, 0.15) is 12.0 Å². The Kier molecular flexibility index (Phi) is 5.46. The molecule has 0 radical (unpaired) electrons. The van der Waals surface area contributed by atoms with Crippen molar-refractivity contribution in [2.45, 2.75) is 51.4 Å². The van der Waals surface area contributed by atoms with Crippen LogP contribution in [0, 0.1) is 5.92 Å². The van der Waals surface area contributed by atoms with E-state index in [-0.39, 0.29) is 24.2 Å². The molecule has 3 N–H and O–H groups in total. The molecule has 1 fully saturated rings. The van der Waals surface area contributed by atoms with E-state index in [4.69, 9.17) is 11.6 Å². The van der Waals surface area contributed by atoms with Gasteiger partial charge >= 0.3 is 0 Å². The highest BCUT2D eigenvalue weighted by molar-refractivity contribution is 6.30. The summed E-state index contributed by atoms with van der Waals surface area (Å²) in [6.07, 6.45) is 6.19. The number of halogens is 1. The monoisotopic (exact) mass is 402 g/mol. The summed E-state index contributed by atoms with van der Waals surface area (Å²) in [7, 11) is 0. The molecule has 0 bridgehead atoms. The lowest BCUT2D eigenvalue weighted by Gasteiger charge is -2.37. The molecule has 3 aliphatic rings. The van der Waals surface area contributed by atoms with Gasteiger partial charge in [-0.3, -0.25) is 10.2 Å². The molecule has 3 unspecified atom stereocenters. The number of fused-ring (bicyclic) bond motifs is 3. The summed E-state index contributed by atoms with van der Waals surface area (Å²) in [5.41, 5.74) is 8.04. The van der Waals surface area contributed by atoms with Gasteiger partial charge in [-0.05, 0) is 30.0 Å². The number of rotatable bonds is 6. The molecule has 7 nitrogen and oxygen atoms in total. The third kappa shape index (κ3) is 3.95. The largest absolute Gasteiger partial charge is 0.356 e. The highest BCUT2D eigenvalue weighted by Gasteiger charge is 2.44. The van der Waals surface area contributed by atoms with Crippen LogP contribution < -0.4 is 16.2 Å². The Bertz CT molecular complexity index is 777. The van der Waals surface area contributed by atoms with Gasteiger partial charge in [-0.1, -0.05) is 37.6 Å². The molecule has 150 valence electrons. The fourth-order valence-electron chi connectivity index (χ4n) is 3.86. The molecule has 1 aromatic carbocycles. The Labute approximate surface area is 170 Å². The fourth-order valence-corrected chi connectivity index (χ4v) is 3.98. The summed E-state index contributed by atoms with van der Waals surface area (Å²) < 4.78 is 0. The second-order valence-electron chi connectivity index (χ2n) is 7.95. The van der Waals surface area contributed by atoms with Gasteiger partial charge < -0.3 is 15.2 Å². The molecule has 4 rings (SSSR count). The van der Waals surface area contributed by atoms with Crippen LogP contribution in [0.5, 0.6) is 0 Å². The number of benzene rings is 1. The smallest absolute Gasteiger partial charge is 0.220 e. The van der Waals surface area contributed by atoms with E-state index in [0.29, 0.717) is 25.3 Å². The molecule has 8 heteroatoms. The quantitative estimate of drug-likeness (QED) is 0.682. The van der Waals surface area contributed by atoms with Crippen molar-refractivity contribution in [3.63, 3.8) is 0 Å². The number of hydrazine groups is 1. The van der Waals surface area contributed by atoms with Crippen molar-refractivity contribution < 1.29 is 4.79 Å². The van der Waals surface area contributed by atoms with Crippen molar-refractivity contribution in [3.8, 4) is 0 Å². The first-order valence-corrected chi connectivity index (χ1v) is 10.2. The van der Waals surface area contributed by atoms with Gasteiger partial charge in [0.25, 0.3) is 0 Å². The van der Waals surface area contributed by atoms with Crippen LogP contribution >= 0.6 is 11.6 Å². The number of nitrogens with zero attached hydrogens (tertiary/aromatic N) is 3. The van der Waals surface area contributed by atoms with Crippen LogP contribution in [0.2, 0.25) is 5.02 Å². The van der Waals surface area contributed by atoms with E-state index in [1.165, 1.54) is 5.56 Å². The van der Waals surface area contributed by atoms with Crippen molar-refractivity contribution in [1.82, 2.24) is 26.1 Å². The topological polar surface area (TPSA) is 72.0 Å². The lowest BCUT2D eigenvalue weighted by atomic mass is 9.99. The number of carbonyl (C=O) groups is 1. The lowest BCUT2D eigenvalue weighted by Crippen LogP contribution is -2.54. The Balaban J connectivity index is 1.34. The number of amidine groups is 1. The van der Waals surface area contributed by atoms with E-state index in [2.05, 4.69) is 63.4 Å².